The molecule has 1 rings (SSSR count). The van der Waals surface area contributed by atoms with Crippen molar-refractivity contribution in [3.8, 4) is 0 Å². The smallest absolute Gasteiger partial charge is 0.347 e. The summed E-state index contributed by atoms with van der Waals surface area (Å²) in [6.45, 7) is 1.28. The third kappa shape index (κ3) is 5.93. The van der Waals surface area contributed by atoms with Crippen LogP contribution in [0.25, 0.3) is 0 Å². The van der Waals surface area contributed by atoms with Crippen LogP contribution >= 0.6 is 11.6 Å². The molecule has 1 aromatic rings. The molecule has 1 atom stereocenters. The number of halogens is 4. The molecule has 0 unspecified atom stereocenters. The van der Waals surface area contributed by atoms with Gasteiger partial charge in [-0.2, -0.15) is 13.2 Å². The number of benzene rings is 1. The van der Waals surface area contributed by atoms with E-state index in [-0.39, 0.29) is 17.9 Å². The third-order valence-electron chi connectivity index (χ3n) is 2.76. The monoisotopic (exact) mass is 336 g/mol. The van der Waals surface area contributed by atoms with Gasteiger partial charge in [-0.15, -0.1) is 0 Å². The average molecular weight is 337 g/mol. The second kappa shape index (κ2) is 8.03. The Bertz CT molecular complexity index is 518. The first-order chi connectivity index (χ1) is 10.2. The van der Waals surface area contributed by atoms with E-state index in [0.717, 1.165) is 0 Å². The summed E-state index contributed by atoms with van der Waals surface area (Å²) in [4.78, 5) is 22.8. The van der Waals surface area contributed by atoms with Crippen LogP contribution in [0.4, 0.5) is 13.2 Å². The maximum absolute atomic E-state index is 13.1. The van der Waals surface area contributed by atoms with Crippen LogP contribution in [0.5, 0.6) is 0 Å². The molecule has 8 heteroatoms. The van der Waals surface area contributed by atoms with E-state index in [1.807, 2.05) is 5.32 Å². The van der Waals surface area contributed by atoms with Crippen LogP contribution in [0, 0.1) is 0 Å². The first kappa shape index (κ1) is 18.3. The first-order valence-corrected chi connectivity index (χ1v) is 7.00. The van der Waals surface area contributed by atoms with Gasteiger partial charge in [0, 0.05) is 11.4 Å². The molecule has 2 amide bonds. The van der Waals surface area contributed by atoms with E-state index in [1.165, 1.54) is 24.3 Å². The molecule has 22 heavy (non-hydrogen) atoms. The van der Waals surface area contributed by atoms with E-state index >= 15 is 0 Å². The van der Waals surface area contributed by atoms with Crippen molar-refractivity contribution >= 4 is 23.4 Å². The van der Waals surface area contributed by atoms with Gasteiger partial charge < -0.3 is 10.6 Å². The summed E-state index contributed by atoms with van der Waals surface area (Å²) in [6, 6.07) is 2.85. The molecule has 0 saturated heterocycles. The minimum atomic E-state index is -4.66. The third-order valence-corrected chi connectivity index (χ3v) is 3.01. The summed E-state index contributed by atoms with van der Waals surface area (Å²) in [5, 5.41) is 4.42. The van der Waals surface area contributed by atoms with Crippen LogP contribution in [0.2, 0.25) is 5.02 Å². The van der Waals surface area contributed by atoms with Gasteiger partial charge in [0.2, 0.25) is 11.8 Å². The fourth-order valence-electron chi connectivity index (χ4n) is 1.72. The molecule has 0 saturated carbocycles. The maximum atomic E-state index is 13.1. The number of carbonyl (C=O) groups is 2. The van der Waals surface area contributed by atoms with Gasteiger partial charge in [0.25, 0.3) is 0 Å². The van der Waals surface area contributed by atoms with E-state index in [4.69, 9.17) is 11.6 Å². The molecule has 0 radical (unpaired) electrons. The van der Waals surface area contributed by atoms with Crippen molar-refractivity contribution in [1.82, 2.24) is 10.6 Å². The number of alkyl halides is 3. The number of carbonyl (C=O) groups excluding carboxylic acids is 2. The van der Waals surface area contributed by atoms with E-state index in [0.29, 0.717) is 11.4 Å². The summed E-state index contributed by atoms with van der Waals surface area (Å²) >= 11 is 5.63. The molecule has 0 fully saturated rings. The van der Waals surface area contributed by atoms with Crippen molar-refractivity contribution in [3.63, 3.8) is 0 Å². The minimum Gasteiger partial charge on any atom is -0.347 e. The summed E-state index contributed by atoms with van der Waals surface area (Å²) in [5.41, 5.74) is -0.134. The summed E-state index contributed by atoms with van der Waals surface area (Å²) in [6.07, 6.45) is -3.85. The Kier molecular flexibility index (Phi) is 6.67. The van der Waals surface area contributed by atoms with Crippen molar-refractivity contribution in [3.05, 3.63) is 34.9 Å². The lowest BCUT2D eigenvalue weighted by Crippen LogP contribution is -2.43. The van der Waals surface area contributed by atoms with E-state index < -0.39 is 24.7 Å². The van der Waals surface area contributed by atoms with Gasteiger partial charge in [-0.3, -0.25) is 9.59 Å². The lowest BCUT2D eigenvalue weighted by molar-refractivity contribution is -0.163. The normalized spacial score (nSPS) is 12.6. The molecule has 0 aromatic heterocycles. The Morgan fingerprint density at radius 1 is 1.18 bits per heavy atom. The molecule has 0 heterocycles. The zero-order valence-corrected chi connectivity index (χ0v) is 12.6. The second-order valence-electron chi connectivity index (χ2n) is 4.62. The van der Waals surface area contributed by atoms with Crippen molar-refractivity contribution in [2.45, 2.75) is 32.0 Å². The van der Waals surface area contributed by atoms with Gasteiger partial charge in [0.1, 0.15) is 0 Å². The molecular weight excluding hydrogens is 321 g/mol. The number of hydrogen-bond acceptors (Lipinski definition) is 2. The van der Waals surface area contributed by atoms with Crippen LogP contribution in [-0.4, -0.2) is 24.5 Å². The van der Waals surface area contributed by atoms with Crippen LogP contribution in [0.1, 0.15) is 31.4 Å². The molecule has 4 nitrogen and oxygen atoms in total. The lowest BCUT2D eigenvalue weighted by atomic mass is 10.1. The van der Waals surface area contributed by atoms with Gasteiger partial charge in [-0.25, -0.2) is 0 Å². The number of nitrogens with one attached hydrogen (secondary N) is 2. The van der Waals surface area contributed by atoms with Crippen LogP contribution in [0.3, 0.4) is 0 Å². The van der Waals surface area contributed by atoms with Crippen LogP contribution in [-0.2, 0) is 9.59 Å². The molecule has 0 aliphatic carbocycles. The summed E-state index contributed by atoms with van der Waals surface area (Å²) in [5.74, 6) is -1.30. The largest absolute Gasteiger partial charge is 0.412 e. The maximum Gasteiger partial charge on any atom is 0.412 e. The Hall–Kier alpha value is -1.76. The molecule has 122 valence electrons. The van der Waals surface area contributed by atoms with E-state index in [2.05, 4.69) is 5.32 Å². The Morgan fingerprint density at radius 2 is 1.77 bits per heavy atom. The van der Waals surface area contributed by atoms with Crippen LogP contribution in [0.15, 0.2) is 24.3 Å². The fourth-order valence-corrected chi connectivity index (χ4v) is 1.84. The van der Waals surface area contributed by atoms with Gasteiger partial charge in [0.15, 0.2) is 6.04 Å². The molecular formula is C14H16ClF3N2O2. The number of rotatable bonds is 6. The highest BCUT2D eigenvalue weighted by molar-refractivity contribution is 6.30. The van der Waals surface area contributed by atoms with E-state index in [9.17, 15) is 22.8 Å². The molecule has 1 aromatic carbocycles. The van der Waals surface area contributed by atoms with Crippen molar-refractivity contribution in [2.24, 2.45) is 0 Å². The molecule has 2 N–H and O–H groups in total. The van der Waals surface area contributed by atoms with Gasteiger partial charge in [0.05, 0.1) is 6.54 Å². The standard InChI is InChI=1S/C14H16ClF3N2O2/c1-2-3-11(21)19-8-12(22)20-13(14(16,17)18)9-4-6-10(15)7-5-9/h4-7,13H,2-3,8H2,1H3,(H,19,21)(H,20,22)/t13-/m0/s1. The highest BCUT2D eigenvalue weighted by Crippen LogP contribution is 2.33. The number of amides is 2. The second-order valence-corrected chi connectivity index (χ2v) is 5.06. The predicted octanol–water partition coefficient (Wildman–Crippen LogP) is 2.98. The molecule has 0 aliphatic rings. The van der Waals surface area contributed by atoms with Crippen LogP contribution < -0.4 is 10.6 Å². The van der Waals surface area contributed by atoms with Gasteiger partial charge in [-0.05, 0) is 24.1 Å². The molecule has 0 spiro atoms. The van der Waals surface area contributed by atoms with Gasteiger partial charge >= 0.3 is 6.18 Å². The fraction of sp³-hybridized carbons (Fsp3) is 0.429. The average Bonchev–Trinajstić information content (AvgIpc) is 2.43. The Balaban J connectivity index is 2.72. The lowest BCUT2D eigenvalue weighted by Gasteiger charge is -2.22. The quantitative estimate of drug-likeness (QED) is 0.839. The Morgan fingerprint density at radius 3 is 2.27 bits per heavy atom. The highest BCUT2D eigenvalue weighted by atomic mass is 35.5. The SMILES string of the molecule is CCCC(=O)NCC(=O)N[C@@H](c1ccc(Cl)cc1)C(F)(F)F. The topological polar surface area (TPSA) is 58.2 Å². The predicted molar refractivity (Wildman–Crippen MR) is 76.3 cm³/mol. The zero-order chi connectivity index (χ0) is 16.8. The van der Waals surface area contributed by atoms with Crippen molar-refractivity contribution in [1.29, 1.82) is 0 Å². The van der Waals surface area contributed by atoms with Crippen molar-refractivity contribution in [2.75, 3.05) is 6.54 Å². The van der Waals surface area contributed by atoms with E-state index in [1.54, 1.807) is 6.92 Å². The Labute approximate surface area is 131 Å². The molecule has 0 aliphatic heterocycles. The zero-order valence-electron chi connectivity index (χ0n) is 11.8. The van der Waals surface area contributed by atoms with Crippen molar-refractivity contribution < 1.29 is 22.8 Å². The minimum absolute atomic E-state index is 0.134. The summed E-state index contributed by atoms with van der Waals surface area (Å²) < 4.78 is 39.2. The number of hydrogen-bond donors (Lipinski definition) is 2. The first-order valence-electron chi connectivity index (χ1n) is 6.62. The van der Waals surface area contributed by atoms with Gasteiger partial charge in [-0.1, -0.05) is 30.7 Å². The highest BCUT2D eigenvalue weighted by Gasteiger charge is 2.41. The molecule has 0 bridgehead atoms. The summed E-state index contributed by atoms with van der Waals surface area (Å²) in [7, 11) is 0.